The van der Waals surface area contributed by atoms with Gasteiger partial charge in [-0.15, -0.1) is 24.8 Å². The zero-order valence-electron chi connectivity index (χ0n) is 16.8. The van der Waals surface area contributed by atoms with E-state index in [0.29, 0.717) is 12.0 Å². The van der Waals surface area contributed by atoms with Crippen LogP contribution >= 0.6 is 24.8 Å². The number of nitrogens with one attached hydrogen (secondary N) is 2. The molecule has 2 aliphatic heterocycles. The Kier molecular flexibility index (Phi) is 8.52. The molecule has 0 aliphatic carbocycles. The van der Waals surface area contributed by atoms with Crippen LogP contribution in [-0.4, -0.2) is 53.1 Å². The third kappa shape index (κ3) is 5.51. The van der Waals surface area contributed by atoms with Crippen LogP contribution < -0.4 is 10.6 Å². The van der Waals surface area contributed by atoms with Crippen molar-refractivity contribution < 1.29 is 4.79 Å². The number of likely N-dealkylation sites (N-methyl/N-ethyl adjacent to an activating group) is 1. The molecule has 1 amide bonds. The SMILES string of the molecule is CN(Cc1nccn1Cc1ccccc1)C(=O)C1CC2(CCNCC2)CN1.Cl.Cl. The van der Waals surface area contributed by atoms with E-state index in [1.807, 2.05) is 42.5 Å². The molecule has 1 aromatic carbocycles. The Balaban J connectivity index is 0.00000150. The number of amides is 1. The Bertz CT molecular complexity index is 776. The minimum absolute atomic E-state index is 0. The molecule has 2 aliphatic rings. The normalized spacial score (nSPS) is 20.0. The fourth-order valence-corrected chi connectivity index (χ4v) is 4.40. The summed E-state index contributed by atoms with van der Waals surface area (Å²) in [5, 5.41) is 6.91. The Morgan fingerprint density at radius 1 is 1.24 bits per heavy atom. The third-order valence-corrected chi connectivity index (χ3v) is 6.08. The van der Waals surface area contributed by atoms with E-state index in [2.05, 4.69) is 32.3 Å². The largest absolute Gasteiger partial charge is 0.337 e. The fourth-order valence-electron chi connectivity index (χ4n) is 4.40. The maximum Gasteiger partial charge on any atom is 0.239 e. The lowest BCUT2D eigenvalue weighted by atomic mass is 9.77. The van der Waals surface area contributed by atoms with Gasteiger partial charge in [-0.3, -0.25) is 4.79 Å². The van der Waals surface area contributed by atoms with Crippen LogP contribution in [0.3, 0.4) is 0 Å². The number of piperidine rings is 1. The molecule has 0 radical (unpaired) electrons. The van der Waals surface area contributed by atoms with Gasteiger partial charge >= 0.3 is 0 Å². The van der Waals surface area contributed by atoms with Gasteiger partial charge in [0.1, 0.15) is 5.82 Å². The van der Waals surface area contributed by atoms with Gasteiger partial charge in [0.25, 0.3) is 0 Å². The molecule has 1 spiro atoms. The van der Waals surface area contributed by atoms with E-state index in [0.717, 1.165) is 51.3 Å². The van der Waals surface area contributed by atoms with Crippen LogP contribution in [0.5, 0.6) is 0 Å². The van der Waals surface area contributed by atoms with E-state index in [1.54, 1.807) is 0 Å². The van der Waals surface area contributed by atoms with Gasteiger partial charge in [-0.1, -0.05) is 30.3 Å². The minimum Gasteiger partial charge on any atom is -0.337 e. The van der Waals surface area contributed by atoms with Gasteiger partial charge in [0.15, 0.2) is 0 Å². The van der Waals surface area contributed by atoms with Crippen molar-refractivity contribution in [2.45, 2.75) is 38.4 Å². The summed E-state index contributed by atoms with van der Waals surface area (Å²) in [5.41, 5.74) is 1.54. The first kappa shape index (κ1) is 23.7. The number of aromatic nitrogens is 2. The average molecular weight is 440 g/mol. The van der Waals surface area contributed by atoms with Crippen LogP contribution in [0.1, 0.15) is 30.7 Å². The molecule has 2 N–H and O–H groups in total. The highest BCUT2D eigenvalue weighted by atomic mass is 35.5. The van der Waals surface area contributed by atoms with Crippen LogP contribution in [0.2, 0.25) is 0 Å². The first-order chi connectivity index (χ1) is 13.2. The van der Waals surface area contributed by atoms with Gasteiger partial charge in [0.2, 0.25) is 5.91 Å². The highest BCUT2D eigenvalue weighted by Crippen LogP contribution is 2.37. The number of halogens is 2. The molecule has 1 aromatic heterocycles. The van der Waals surface area contributed by atoms with Crippen molar-refractivity contribution >= 4 is 30.7 Å². The van der Waals surface area contributed by atoms with Crippen LogP contribution in [0.25, 0.3) is 0 Å². The van der Waals surface area contributed by atoms with Crippen molar-refractivity contribution in [3.63, 3.8) is 0 Å². The maximum absolute atomic E-state index is 13.0. The second-order valence-corrected chi connectivity index (χ2v) is 8.04. The van der Waals surface area contributed by atoms with Gasteiger partial charge in [-0.05, 0) is 43.3 Å². The van der Waals surface area contributed by atoms with Crippen LogP contribution in [0, 0.1) is 5.41 Å². The summed E-state index contributed by atoms with van der Waals surface area (Å²) >= 11 is 0. The van der Waals surface area contributed by atoms with E-state index in [1.165, 1.54) is 5.56 Å². The fraction of sp³-hybridized carbons (Fsp3) is 0.524. The molecule has 3 heterocycles. The molecule has 1 unspecified atom stereocenters. The minimum atomic E-state index is -0.0642. The highest BCUT2D eigenvalue weighted by molar-refractivity contribution is 5.85. The number of carbonyl (C=O) groups is 1. The first-order valence-electron chi connectivity index (χ1n) is 9.88. The Labute approximate surface area is 185 Å². The van der Waals surface area contributed by atoms with Crippen LogP contribution in [-0.2, 0) is 17.9 Å². The highest BCUT2D eigenvalue weighted by Gasteiger charge is 2.42. The van der Waals surface area contributed by atoms with Gasteiger partial charge in [0.05, 0.1) is 12.6 Å². The molecular weight excluding hydrogens is 409 g/mol. The number of benzene rings is 1. The van der Waals surface area contributed by atoms with Crippen molar-refractivity contribution in [2.24, 2.45) is 5.41 Å². The summed E-state index contributed by atoms with van der Waals surface area (Å²) in [5.74, 6) is 1.10. The van der Waals surface area contributed by atoms with Crippen LogP contribution in [0.4, 0.5) is 0 Å². The number of carbonyl (C=O) groups excluding carboxylic acids is 1. The van der Waals surface area contributed by atoms with Crippen molar-refractivity contribution in [1.29, 1.82) is 0 Å². The lowest BCUT2D eigenvalue weighted by Gasteiger charge is -2.33. The van der Waals surface area contributed by atoms with E-state index < -0.39 is 0 Å². The molecule has 1 atom stereocenters. The predicted molar refractivity (Wildman–Crippen MR) is 120 cm³/mol. The number of hydrogen-bond donors (Lipinski definition) is 2. The van der Waals surface area contributed by atoms with E-state index in [-0.39, 0.29) is 36.8 Å². The van der Waals surface area contributed by atoms with Gasteiger partial charge in [-0.2, -0.15) is 0 Å². The van der Waals surface area contributed by atoms with E-state index >= 15 is 0 Å². The smallest absolute Gasteiger partial charge is 0.239 e. The number of imidazole rings is 1. The summed E-state index contributed by atoms with van der Waals surface area (Å²) in [4.78, 5) is 19.3. The second kappa shape index (κ2) is 10.4. The topological polar surface area (TPSA) is 62.2 Å². The van der Waals surface area contributed by atoms with Crippen molar-refractivity contribution in [3.05, 3.63) is 54.1 Å². The lowest BCUT2D eigenvalue weighted by molar-refractivity contribution is -0.132. The lowest BCUT2D eigenvalue weighted by Crippen LogP contribution is -2.41. The quantitative estimate of drug-likeness (QED) is 0.750. The molecule has 2 aromatic rings. The molecule has 29 heavy (non-hydrogen) atoms. The van der Waals surface area contributed by atoms with E-state index in [4.69, 9.17) is 0 Å². The predicted octanol–water partition coefficient (Wildman–Crippen LogP) is 2.47. The summed E-state index contributed by atoms with van der Waals surface area (Å²) in [6.07, 6.45) is 7.08. The Hall–Kier alpha value is -1.60. The summed E-state index contributed by atoms with van der Waals surface area (Å²) < 4.78 is 2.12. The van der Waals surface area contributed by atoms with Gasteiger partial charge < -0.3 is 20.1 Å². The van der Waals surface area contributed by atoms with Crippen molar-refractivity contribution in [1.82, 2.24) is 25.1 Å². The molecule has 8 heteroatoms. The van der Waals surface area contributed by atoms with Crippen molar-refractivity contribution in [2.75, 3.05) is 26.7 Å². The molecule has 2 saturated heterocycles. The van der Waals surface area contributed by atoms with E-state index in [9.17, 15) is 4.79 Å². The second-order valence-electron chi connectivity index (χ2n) is 8.04. The number of rotatable bonds is 5. The molecule has 2 fully saturated rings. The monoisotopic (exact) mass is 439 g/mol. The average Bonchev–Trinajstić information content (AvgIpc) is 3.30. The summed E-state index contributed by atoms with van der Waals surface area (Å²) in [6, 6.07) is 10.3. The molecule has 0 saturated carbocycles. The first-order valence-corrected chi connectivity index (χ1v) is 9.88. The number of hydrogen-bond acceptors (Lipinski definition) is 4. The summed E-state index contributed by atoms with van der Waals surface area (Å²) in [7, 11) is 1.89. The van der Waals surface area contributed by atoms with Gasteiger partial charge in [0, 0.05) is 32.5 Å². The molecular formula is C21H31Cl2N5O. The molecule has 6 nitrogen and oxygen atoms in total. The summed E-state index contributed by atoms with van der Waals surface area (Å²) in [6.45, 7) is 4.40. The zero-order chi connectivity index (χ0) is 18.7. The Morgan fingerprint density at radius 3 is 2.69 bits per heavy atom. The Morgan fingerprint density at radius 2 is 1.97 bits per heavy atom. The number of nitrogens with zero attached hydrogens (tertiary/aromatic N) is 3. The zero-order valence-corrected chi connectivity index (χ0v) is 18.5. The molecule has 0 bridgehead atoms. The van der Waals surface area contributed by atoms with Crippen molar-refractivity contribution in [3.8, 4) is 0 Å². The van der Waals surface area contributed by atoms with Crippen LogP contribution in [0.15, 0.2) is 42.7 Å². The molecule has 4 rings (SSSR count). The maximum atomic E-state index is 13.0. The standard InChI is InChI=1S/C21H29N5O.2ClH/c1-25(20(27)18-13-21(16-24-18)7-9-22-10-8-21)15-19-23-11-12-26(19)14-17-5-3-2-4-6-17;;/h2-6,11-12,18,22,24H,7-10,13-16H2,1H3;2*1H. The third-order valence-electron chi connectivity index (χ3n) is 6.08. The molecule has 160 valence electrons. The van der Waals surface area contributed by atoms with Gasteiger partial charge in [-0.25, -0.2) is 4.98 Å².